The molecule has 0 saturated carbocycles. The van der Waals surface area contributed by atoms with Crippen molar-refractivity contribution in [2.45, 2.75) is 6.54 Å². The summed E-state index contributed by atoms with van der Waals surface area (Å²) in [6.45, 7) is 0.417. The zero-order valence-electron chi connectivity index (χ0n) is 16.5. The summed E-state index contributed by atoms with van der Waals surface area (Å²) in [5.41, 5.74) is 4.72. The number of hydrazone groups is 1. The Balaban J connectivity index is 1.55. The molecule has 2 heterocycles. The molecule has 1 amide bonds. The summed E-state index contributed by atoms with van der Waals surface area (Å²) in [4.78, 5) is 23.8. The Morgan fingerprint density at radius 1 is 1.16 bits per heavy atom. The lowest BCUT2D eigenvalue weighted by Crippen LogP contribution is -2.17. The fourth-order valence-corrected chi connectivity index (χ4v) is 3.39. The van der Waals surface area contributed by atoms with Crippen LogP contribution in [0.15, 0.2) is 76.4 Å². The number of fused-ring (bicyclic) bond motifs is 1. The number of ether oxygens (including phenoxy) is 1. The Labute approximate surface area is 182 Å². The first-order chi connectivity index (χ1) is 15.0. The minimum absolute atomic E-state index is 0.152. The number of para-hydroxylation sites is 1. The summed E-state index contributed by atoms with van der Waals surface area (Å²) in [5.74, 6) is -0.112. The van der Waals surface area contributed by atoms with Crippen LogP contribution in [0.25, 0.3) is 10.9 Å². The van der Waals surface area contributed by atoms with Crippen molar-refractivity contribution in [3.05, 3.63) is 94.5 Å². The number of esters is 1. The number of halogens is 1. The van der Waals surface area contributed by atoms with Crippen molar-refractivity contribution in [3.8, 4) is 0 Å². The van der Waals surface area contributed by atoms with E-state index in [9.17, 15) is 9.59 Å². The molecule has 0 spiro atoms. The number of nitrogens with zero attached hydrogens (tertiary/aromatic N) is 2. The zero-order chi connectivity index (χ0) is 21.8. The molecule has 0 aliphatic carbocycles. The van der Waals surface area contributed by atoms with Gasteiger partial charge in [-0.3, -0.25) is 4.79 Å². The maximum absolute atomic E-state index is 12.2. The number of nitrogens with one attached hydrogen (secondary N) is 1. The van der Waals surface area contributed by atoms with Crippen molar-refractivity contribution in [3.63, 3.8) is 0 Å². The van der Waals surface area contributed by atoms with Gasteiger partial charge in [-0.25, -0.2) is 10.2 Å². The Kier molecular flexibility index (Phi) is 5.86. The van der Waals surface area contributed by atoms with Crippen LogP contribution >= 0.6 is 11.6 Å². The van der Waals surface area contributed by atoms with Gasteiger partial charge in [0, 0.05) is 33.2 Å². The van der Waals surface area contributed by atoms with E-state index in [1.165, 1.54) is 7.11 Å². The maximum atomic E-state index is 12.2. The van der Waals surface area contributed by atoms with E-state index in [0.29, 0.717) is 22.9 Å². The molecule has 0 atom stereocenters. The van der Waals surface area contributed by atoms with Crippen molar-refractivity contribution in [2.24, 2.45) is 5.10 Å². The van der Waals surface area contributed by atoms with Crippen LogP contribution in [0.3, 0.4) is 0 Å². The minimum atomic E-state index is -0.521. The van der Waals surface area contributed by atoms with Crippen LogP contribution in [-0.2, 0) is 11.3 Å². The van der Waals surface area contributed by atoms with Gasteiger partial charge in [0.1, 0.15) is 5.76 Å². The first-order valence-corrected chi connectivity index (χ1v) is 9.77. The standard InChI is InChI=1S/C23H18ClN3O4/c1-30-23(29)21-10-9-18(31-21)14-27-13-16(19-7-2-3-8-20(19)27)12-25-26-22(28)15-5-4-6-17(24)11-15/h2-13H,14H2,1H3,(H,26,28)/b25-12-. The molecule has 0 saturated heterocycles. The van der Waals surface area contributed by atoms with Crippen LogP contribution in [0.1, 0.15) is 32.2 Å². The van der Waals surface area contributed by atoms with Crippen molar-refractivity contribution < 1.29 is 18.7 Å². The SMILES string of the molecule is COC(=O)c1ccc(Cn2cc(/C=N\NC(=O)c3cccc(Cl)c3)c3ccccc32)o1. The predicted molar refractivity (Wildman–Crippen MR) is 118 cm³/mol. The number of amides is 1. The molecule has 0 bridgehead atoms. The number of hydrogen-bond donors (Lipinski definition) is 1. The molecule has 1 N–H and O–H groups in total. The molecular formula is C23H18ClN3O4. The van der Waals surface area contributed by atoms with Crippen molar-refractivity contribution >= 4 is 40.6 Å². The van der Waals surface area contributed by atoms with E-state index in [1.54, 1.807) is 42.6 Å². The first kappa shape index (κ1) is 20.4. The largest absolute Gasteiger partial charge is 0.463 e. The Hall–Kier alpha value is -3.84. The van der Waals surface area contributed by atoms with Crippen LogP contribution in [-0.4, -0.2) is 29.8 Å². The third-order valence-electron chi connectivity index (χ3n) is 4.65. The number of furan rings is 1. The summed E-state index contributed by atoms with van der Waals surface area (Å²) in [6, 6.07) is 17.8. The van der Waals surface area contributed by atoms with Crippen LogP contribution < -0.4 is 5.43 Å². The first-order valence-electron chi connectivity index (χ1n) is 9.39. The number of hydrogen-bond acceptors (Lipinski definition) is 5. The quantitative estimate of drug-likeness (QED) is 0.275. The molecule has 0 aliphatic heterocycles. The second-order valence-electron chi connectivity index (χ2n) is 6.70. The fraction of sp³-hybridized carbons (Fsp3) is 0.0870. The smallest absolute Gasteiger partial charge is 0.373 e. The molecule has 4 aromatic rings. The van der Waals surface area contributed by atoms with Gasteiger partial charge in [-0.15, -0.1) is 0 Å². The van der Waals surface area contributed by atoms with Crippen molar-refractivity contribution in [1.82, 2.24) is 9.99 Å². The van der Waals surface area contributed by atoms with Crippen molar-refractivity contribution in [1.29, 1.82) is 0 Å². The average Bonchev–Trinajstić information content (AvgIpc) is 3.39. The van der Waals surface area contributed by atoms with Gasteiger partial charge in [0.05, 0.1) is 19.9 Å². The van der Waals surface area contributed by atoms with Gasteiger partial charge in [0.25, 0.3) is 5.91 Å². The zero-order valence-corrected chi connectivity index (χ0v) is 17.3. The summed E-state index contributed by atoms with van der Waals surface area (Å²) < 4.78 is 12.2. The maximum Gasteiger partial charge on any atom is 0.373 e. The number of rotatable bonds is 6. The molecular weight excluding hydrogens is 418 g/mol. The topological polar surface area (TPSA) is 85.8 Å². The predicted octanol–water partition coefficient (Wildman–Crippen LogP) is 4.49. The molecule has 0 unspecified atom stereocenters. The number of carbonyl (C=O) groups is 2. The second kappa shape index (κ2) is 8.89. The van der Waals surface area contributed by atoms with Crippen LogP contribution in [0, 0.1) is 0 Å². The summed E-state index contributed by atoms with van der Waals surface area (Å²) in [5, 5.41) is 5.53. The molecule has 2 aromatic heterocycles. The molecule has 0 radical (unpaired) electrons. The van der Waals surface area contributed by atoms with E-state index in [2.05, 4.69) is 15.3 Å². The summed E-state index contributed by atoms with van der Waals surface area (Å²) in [6.07, 6.45) is 3.49. The van der Waals surface area contributed by atoms with Crippen LogP contribution in [0.2, 0.25) is 5.02 Å². The number of aromatic nitrogens is 1. The fourth-order valence-electron chi connectivity index (χ4n) is 3.20. The van der Waals surface area contributed by atoms with E-state index >= 15 is 0 Å². The molecule has 8 heteroatoms. The molecule has 0 aliphatic rings. The molecule has 7 nitrogen and oxygen atoms in total. The monoisotopic (exact) mass is 435 g/mol. The van der Waals surface area contributed by atoms with E-state index in [4.69, 9.17) is 16.0 Å². The van der Waals surface area contributed by atoms with Gasteiger partial charge in [-0.1, -0.05) is 35.9 Å². The Bertz CT molecular complexity index is 1290. The lowest BCUT2D eigenvalue weighted by molar-refractivity contribution is 0.0562. The molecule has 4 rings (SSSR count). The number of benzene rings is 2. The molecule has 156 valence electrons. The third kappa shape index (κ3) is 4.51. The average molecular weight is 436 g/mol. The molecule has 0 fully saturated rings. The molecule has 2 aromatic carbocycles. The normalized spacial score (nSPS) is 11.2. The van der Waals surface area contributed by atoms with Gasteiger partial charge in [0.2, 0.25) is 5.76 Å². The van der Waals surface area contributed by atoms with E-state index < -0.39 is 5.97 Å². The number of methoxy groups -OCH3 is 1. The minimum Gasteiger partial charge on any atom is -0.463 e. The second-order valence-corrected chi connectivity index (χ2v) is 7.13. The number of carbonyl (C=O) groups excluding carboxylic acids is 2. The van der Waals surface area contributed by atoms with Crippen LogP contribution in [0.4, 0.5) is 0 Å². The van der Waals surface area contributed by atoms with Crippen LogP contribution in [0.5, 0.6) is 0 Å². The highest BCUT2D eigenvalue weighted by Crippen LogP contribution is 2.22. The molecule has 31 heavy (non-hydrogen) atoms. The van der Waals surface area contributed by atoms with Gasteiger partial charge >= 0.3 is 5.97 Å². The van der Waals surface area contributed by atoms with Gasteiger partial charge in [-0.05, 0) is 36.4 Å². The Morgan fingerprint density at radius 3 is 2.81 bits per heavy atom. The van der Waals surface area contributed by atoms with E-state index in [1.807, 2.05) is 35.0 Å². The van der Waals surface area contributed by atoms with Gasteiger partial charge in [0.15, 0.2) is 0 Å². The van der Waals surface area contributed by atoms with Gasteiger partial charge in [-0.2, -0.15) is 5.10 Å². The summed E-state index contributed by atoms with van der Waals surface area (Å²) >= 11 is 5.93. The van der Waals surface area contributed by atoms with Gasteiger partial charge < -0.3 is 13.7 Å². The van der Waals surface area contributed by atoms with E-state index in [-0.39, 0.29) is 11.7 Å². The highest BCUT2D eigenvalue weighted by atomic mass is 35.5. The highest BCUT2D eigenvalue weighted by Gasteiger charge is 2.13. The third-order valence-corrected chi connectivity index (χ3v) is 4.89. The Morgan fingerprint density at radius 2 is 2.00 bits per heavy atom. The van der Waals surface area contributed by atoms with E-state index in [0.717, 1.165) is 16.5 Å². The highest BCUT2D eigenvalue weighted by molar-refractivity contribution is 6.30. The van der Waals surface area contributed by atoms with Crippen molar-refractivity contribution in [2.75, 3.05) is 7.11 Å². The summed E-state index contributed by atoms with van der Waals surface area (Å²) in [7, 11) is 1.31. The lowest BCUT2D eigenvalue weighted by Gasteiger charge is -2.02. The lowest BCUT2D eigenvalue weighted by atomic mass is 10.2.